The summed E-state index contributed by atoms with van der Waals surface area (Å²) in [7, 11) is 0. The lowest BCUT2D eigenvalue weighted by Crippen LogP contribution is -2.15. The second kappa shape index (κ2) is 31.0. The molecule has 0 N–H and O–H groups in total. The normalized spacial score (nSPS) is 11.3. The van der Waals surface area contributed by atoms with Crippen molar-refractivity contribution in [3.63, 3.8) is 0 Å². The lowest BCUT2D eigenvalue weighted by molar-refractivity contribution is -0.0236. The molecule has 0 aliphatic carbocycles. The Labute approximate surface area is 243 Å². The highest BCUT2D eigenvalue weighted by molar-refractivity contribution is 14.1. The van der Waals surface area contributed by atoms with E-state index in [1.807, 2.05) is 30.3 Å². The molecule has 1 rings (SSSR count). The fourth-order valence-corrected chi connectivity index (χ4v) is 3.57. The van der Waals surface area contributed by atoms with Crippen LogP contribution in [-0.2, 0) is 37.9 Å². The van der Waals surface area contributed by atoms with Crippen LogP contribution in [0.5, 0.6) is 5.75 Å². The summed E-state index contributed by atoms with van der Waals surface area (Å²) in [6.45, 7) is 9.65. The van der Waals surface area contributed by atoms with Gasteiger partial charge in [-0.3, -0.25) is 0 Å². The molecule has 10 heteroatoms. The van der Waals surface area contributed by atoms with Crippen molar-refractivity contribution in [1.82, 2.24) is 0 Å². The van der Waals surface area contributed by atoms with Gasteiger partial charge < -0.3 is 42.6 Å². The number of hydrogen-bond donors (Lipinski definition) is 0. The molecular formula is C28H49IO9. The molecule has 222 valence electrons. The Morgan fingerprint density at radius 3 is 1.11 bits per heavy atom. The quantitative estimate of drug-likeness (QED) is 0.0664. The Morgan fingerprint density at radius 2 is 0.711 bits per heavy atom. The molecule has 1 aromatic carbocycles. The van der Waals surface area contributed by atoms with Gasteiger partial charge in [0.1, 0.15) is 12.4 Å². The lowest BCUT2D eigenvalue weighted by atomic mass is 10.2. The van der Waals surface area contributed by atoms with Gasteiger partial charge in [0.2, 0.25) is 0 Å². The summed E-state index contributed by atoms with van der Waals surface area (Å²) in [5.74, 6) is 0.850. The van der Waals surface area contributed by atoms with Gasteiger partial charge in [0.05, 0.1) is 99.1 Å². The molecular weight excluding hydrogens is 607 g/mol. The Morgan fingerprint density at radius 1 is 0.368 bits per heavy atom. The number of unbranched alkanes of at least 4 members (excludes halogenated alkanes) is 3. The van der Waals surface area contributed by atoms with Crippen molar-refractivity contribution in [2.45, 2.75) is 25.7 Å². The van der Waals surface area contributed by atoms with Gasteiger partial charge in [-0.1, -0.05) is 53.6 Å². The highest BCUT2D eigenvalue weighted by Crippen LogP contribution is 2.07. The van der Waals surface area contributed by atoms with Crippen LogP contribution in [0.15, 0.2) is 30.3 Å². The van der Waals surface area contributed by atoms with Crippen LogP contribution >= 0.6 is 22.6 Å². The Balaban J connectivity index is 1.62. The first kappa shape index (κ1) is 35.5. The molecule has 0 saturated heterocycles. The van der Waals surface area contributed by atoms with E-state index in [1.165, 1.54) is 23.7 Å². The fourth-order valence-electron chi connectivity index (χ4n) is 3.03. The molecule has 0 fully saturated rings. The van der Waals surface area contributed by atoms with Crippen molar-refractivity contribution in [2.75, 3.05) is 117 Å². The van der Waals surface area contributed by atoms with E-state index in [9.17, 15) is 0 Å². The fraction of sp³-hybridized carbons (Fsp3) is 0.786. The average molecular weight is 657 g/mol. The van der Waals surface area contributed by atoms with E-state index in [2.05, 4.69) is 22.6 Å². The number of alkyl halides is 1. The van der Waals surface area contributed by atoms with Gasteiger partial charge in [-0.25, -0.2) is 0 Å². The van der Waals surface area contributed by atoms with Gasteiger partial charge in [0, 0.05) is 6.61 Å². The average Bonchev–Trinajstić information content (AvgIpc) is 2.94. The van der Waals surface area contributed by atoms with Crippen molar-refractivity contribution >= 4 is 22.6 Å². The summed E-state index contributed by atoms with van der Waals surface area (Å²) in [5.41, 5.74) is 0. The van der Waals surface area contributed by atoms with Crippen molar-refractivity contribution in [3.8, 4) is 5.75 Å². The zero-order valence-electron chi connectivity index (χ0n) is 23.0. The molecule has 0 spiro atoms. The van der Waals surface area contributed by atoms with Gasteiger partial charge in [-0.15, -0.1) is 0 Å². The minimum absolute atomic E-state index is 0.525. The highest BCUT2D eigenvalue weighted by Gasteiger charge is 1.96. The van der Waals surface area contributed by atoms with Crippen LogP contribution in [0.25, 0.3) is 0 Å². The molecule has 0 aliphatic rings. The number of rotatable bonds is 31. The third kappa shape index (κ3) is 27.0. The van der Waals surface area contributed by atoms with E-state index in [0.29, 0.717) is 106 Å². The maximum absolute atomic E-state index is 5.55. The summed E-state index contributed by atoms with van der Waals surface area (Å²) in [4.78, 5) is 0. The maximum Gasteiger partial charge on any atom is 0.119 e. The number of benzene rings is 1. The summed E-state index contributed by atoms with van der Waals surface area (Å²) >= 11 is 2.42. The monoisotopic (exact) mass is 656 g/mol. The number of hydrogen-bond acceptors (Lipinski definition) is 9. The topological polar surface area (TPSA) is 83.1 Å². The summed E-state index contributed by atoms with van der Waals surface area (Å²) < 4.78 is 50.7. The van der Waals surface area contributed by atoms with Crippen molar-refractivity contribution in [3.05, 3.63) is 30.3 Å². The summed E-state index contributed by atoms with van der Waals surface area (Å²) in [6.07, 6.45) is 5.00. The summed E-state index contributed by atoms with van der Waals surface area (Å²) in [5, 5.41) is 0. The van der Waals surface area contributed by atoms with Gasteiger partial charge in [-0.2, -0.15) is 0 Å². The van der Waals surface area contributed by atoms with Gasteiger partial charge in [0.25, 0.3) is 0 Å². The molecule has 0 amide bonds. The van der Waals surface area contributed by atoms with E-state index >= 15 is 0 Å². The van der Waals surface area contributed by atoms with Crippen LogP contribution in [0.4, 0.5) is 0 Å². The predicted molar refractivity (Wildman–Crippen MR) is 156 cm³/mol. The molecule has 1 aromatic rings. The predicted octanol–water partition coefficient (Wildman–Crippen LogP) is 4.19. The van der Waals surface area contributed by atoms with Crippen LogP contribution in [0, 0.1) is 0 Å². The molecule has 0 atom stereocenters. The van der Waals surface area contributed by atoms with Crippen LogP contribution in [-0.4, -0.2) is 117 Å². The van der Waals surface area contributed by atoms with Crippen molar-refractivity contribution < 1.29 is 42.6 Å². The zero-order valence-corrected chi connectivity index (χ0v) is 25.2. The number of para-hydroxylation sites is 1. The number of halogens is 1. The largest absolute Gasteiger partial charge is 0.491 e. The van der Waals surface area contributed by atoms with Gasteiger partial charge >= 0.3 is 0 Å². The van der Waals surface area contributed by atoms with E-state index < -0.39 is 0 Å². The van der Waals surface area contributed by atoms with Crippen molar-refractivity contribution in [2.24, 2.45) is 0 Å². The third-order valence-electron chi connectivity index (χ3n) is 5.02. The third-order valence-corrected chi connectivity index (χ3v) is 5.78. The lowest BCUT2D eigenvalue weighted by Gasteiger charge is -2.09. The van der Waals surface area contributed by atoms with Crippen LogP contribution in [0.2, 0.25) is 0 Å². The Hall–Kier alpha value is -0.570. The SMILES string of the molecule is ICCCCCCOCCOCCOCCOCCOCCOCCOCCOCCOc1ccccc1. The van der Waals surface area contributed by atoms with Crippen molar-refractivity contribution in [1.29, 1.82) is 0 Å². The van der Waals surface area contributed by atoms with E-state index in [-0.39, 0.29) is 0 Å². The maximum atomic E-state index is 5.55. The minimum Gasteiger partial charge on any atom is -0.491 e. The smallest absolute Gasteiger partial charge is 0.119 e. The van der Waals surface area contributed by atoms with Crippen LogP contribution in [0.1, 0.15) is 25.7 Å². The first-order valence-corrected chi connectivity index (χ1v) is 15.3. The number of ether oxygens (including phenoxy) is 9. The van der Waals surface area contributed by atoms with Gasteiger partial charge in [-0.05, 0) is 29.4 Å². The molecule has 9 nitrogen and oxygen atoms in total. The minimum atomic E-state index is 0.525. The molecule has 0 saturated carbocycles. The molecule has 0 aromatic heterocycles. The summed E-state index contributed by atoms with van der Waals surface area (Å²) in [6, 6.07) is 9.69. The van der Waals surface area contributed by atoms with E-state index in [4.69, 9.17) is 42.6 Å². The molecule has 0 unspecified atom stereocenters. The Bertz CT molecular complexity index is 569. The second-order valence-corrected chi connectivity index (χ2v) is 9.24. The zero-order chi connectivity index (χ0) is 27.0. The molecule has 0 radical (unpaired) electrons. The highest BCUT2D eigenvalue weighted by atomic mass is 127. The van der Waals surface area contributed by atoms with Gasteiger partial charge in [0.15, 0.2) is 0 Å². The Kier molecular flexibility index (Phi) is 28.9. The van der Waals surface area contributed by atoms with Crippen LogP contribution in [0.3, 0.4) is 0 Å². The standard InChI is InChI=1S/C28H49IO9/c29-10-6-1-2-7-11-30-12-13-31-14-15-32-16-17-33-18-19-34-20-21-35-22-23-36-24-25-37-26-27-38-28-8-4-3-5-9-28/h3-5,8-9H,1-2,6-7,10-27H2. The molecule has 0 aliphatic heterocycles. The first-order chi connectivity index (χ1) is 18.9. The first-order valence-electron chi connectivity index (χ1n) is 13.8. The molecule has 0 heterocycles. The molecule has 0 bridgehead atoms. The van der Waals surface area contributed by atoms with Crippen LogP contribution < -0.4 is 4.74 Å². The van der Waals surface area contributed by atoms with E-state index in [1.54, 1.807) is 0 Å². The second-order valence-electron chi connectivity index (χ2n) is 8.16. The molecule has 38 heavy (non-hydrogen) atoms. The van der Waals surface area contributed by atoms with E-state index in [0.717, 1.165) is 18.8 Å².